The first kappa shape index (κ1) is 14.3. The highest BCUT2D eigenvalue weighted by Gasteiger charge is 2.33. The molecule has 4 unspecified atom stereocenters. The van der Waals surface area contributed by atoms with E-state index in [4.69, 9.17) is 0 Å². The van der Waals surface area contributed by atoms with Crippen LogP contribution in [0.25, 0.3) is 0 Å². The van der Waals surface area contributed by atoms with Crippen LogP contribution >= 0.6 is 0 Å². The van der Waals surface area contributed by atoms with Crippen molar-refractivity contribution < 1.29 is 0 Å². The molecule has 0 spiro atoms. The molecule has 1 saturated heterocycles. The molecule has 4 atom stereocenters. The summed E-state index contributed by atoms with van der Waals surface area (Å²) in [4.78, 5) is 2.30. The lowest BCUT2D eigenvalue weighted by molar-refractivity contribution is 0.237. The van der Waals surface area contributed by atoms with Crippen LogP contribution in [0.5, 0.6) is 0 Å². The van der Waals surface area contributed by atoms with Crippen LogP contribution < -0.4 is 10.6 Å². The number of hydrogen-bond donors (Lipinski definition) is 2. The molecule has 3 heteroatoms. The van der Waals surface area contributed by atoms with Crippen LogP contribution in [0.2, 0.25) is 0 Å². The van der Waals surface area contributed by atoms with Gasteiger partial charge in [-0.3, -0.25) is 0 Å². The lowest BCUT2D eigenvalue weighted by Crippen LogP contribution is -2.49. The van der Waals surface area contributed by atoms with E-state index in [0.717, 1.165) is 24.5 Å². The van der Waals surface area contributed by atoms with Gasteiger partial charge >= 0.3 is 0 Å². The first-order chi connectivity index (χ1) is 8.68. The van der Waals surface area contributed by atoms with Crippen LogP contribution in [-0.2, 0) is 0 Å². The SMILES string of the molecule is CC(CNC1CCCC1C1CCCCN1)N(C)C. The second kappa shape index (κ2) is 6.88. The summed E-state index contributed by atoms with van der Waals surface area (Å²) < 4.78 is 0. The Morgan fingerprint density at radius 2 is 2.00 bits per heavy atom. The van der Waals surface area contributed by atoms with Gasteiger partial charge in [0.05, 0.1) is 0 Å². The van der Waals surface area contributed by atoms with Crippen molar-refractivity contribution >= 4 is 0 Å². The molecule has 3 nitrogen and oxygen atoms in total. The largest absolute Gasteiger partial charge is 0.314 e. The van der Waals surface area contributed by atoms with E-state index < -0.39 is 0 Å². The maximum atomic E-state index is 3.83. The van der Waals surface area contributed by atoms with Crippen LogP contribution in [0.15, 0.2) is 0 Å². The molecule has 2 rings (SSSR count). The van der Waals surface area contributed by atoms with Gasteiger partial charge in [-0.1, -0.05) is 12.8 Å². The Labute approximate surface area is 113 Å². The molecule has 106 valence electrons. The topological polar surface area (TPSA) is 27.3 Å². The minimum atomic E-state index is 0.630. The normalized spacial score (nSPS) is 35.0. The molecule has 18 heavy (non-hydrogen) atoms. The molecule has 1 heterocycles. The van der Waals surface area contributed by atoms with Gasteiger partial charge in [0.25, 0.3) is 0 Å². The highest BCUT2D eigenvalue weighted by Crippen LogP contribution is 2.31. The zero-order valence-corrected chi connectivity index (χ0v) is 12.4. The van der Waals surface area contributed by atoms with E-state index in [1.807, 2.05) is 0 Å². The van der Waals surface area contributed by atoms with E-state index >= 15 is 0 Å². The average Bonchev–Trinajstić information content (AvgIpc) is 2.85. The van der Waals surface area contributed by atoms with Gasteiger partial charge in [0.1, 0.15) is 0 Å². The molecule has 2 aliphatic rings. The molecule has 1 saturated carbocycles. The van der Waals surface area contributed by atoms with Crippen LogP contribution in [0.1, 0.15) is 45.4 Å². The average molecular weight is 253 g/mol. The predicted octanol–water partition coefficient (Wildman–Crippen LogP) is 1.84. The van der Waals surface area contributed by atoms with Gasteiger partial charge in [-0.25, -0.2) is 0 Å². The lowest BCUT2D eigenvalue weighted by atomic mass is 9.88. The summed E-state index contributed by atoms with van der Waals surface area (Å²) in [5, 5.41) is 7.58. The molecule has 0 bridgehead atoms. The molecule has 0 radical (unpaired) electrons. The Kier molecular flexibility index (Phi) is 5.46. The van der Waals surface area contributed by atoms with Crippen molar-refractivity contribution in [3.8, 4) is 0 Å². The highest BCUT2D eigenvalue weighted by molar-refractivity contribution is 4.92. The van der Waals surface area contributed by atoms with Gasteiger partial charge in [-0.2, -0.15) is 0 Å². The van der Waals surface area contributed by atoms with Gasteiger partial charge < -0.3 is 15.5 Å². The first-order valence-electron chi connectivity index (χ1n) is 7.81. The Morgan fingerprint density at radius 1 is 1.17 bits per heavy atom. The van der Waals surface area contributed by atoms with Crippen LogP contribution in [0.3, 0.4) is 0 Å². The molecular formula is C15H31N3. The van der Waals surface area contributed by atoms with Crippen molar-refractivity contribution in [3.05, 3.63) is 0 Å². The fraction of sp³-hybridized carbons (Fsp3) is 1.00. The summed E-state index contributed by atoms with van der Waals surface area (Å²) in [5.41, 5.74) is 0. The van der Waals surface area contributed by atoms with Crippen molar-refractivity contribution in [1.29, 1.82) is 0 Å². The number of hydrogen-bond acceptors (Lipinski definition) is 3. The van der Waals surface area contributed by atoms with Gasteiger partial charge in [-0.15, -0.1) is 0 Å². The van der Waals surface area contributed by atoms with E-state index in [-0.39, 0.29) is 0 Å². The lowest BCUT2D eigenvalue weighted by Gasteiger charge is -2.34. The molecule has 2 fully saturated rings. The Morgan fingerprint density at radius 3 is 2.67 bits per heavy atom. The molecule has 1 aliphatic heterocycles. The van der Waals surface area contributed by atoms with Crippen molar-refractivity contribution in [2.75, 3.05) is 27.2 Å². The van der Waals surface area contributed by atoms with E-state index in [2.05, 4.69) is 36.6 Å². The molecule has 0 aromatic carbocycles. The minimum absolute atomic E-state index is 0.630. The van der Waals surface area contributed by atoms with Gasteiger partial charge in [-0.05, 0) is 59.2 Å². The van der Waals surface area contributed by atoms with Crippen molar-refractivity contribution in [1.82, 2.24) is 15.5 Å². The Hall–Kier alpha value is -0.120. The van der Waals surface area contributed by atoms with E-state index in [1.54, 1.807) is 0 Å². The summed E-state index contributed by atoms with van der Waals surface area (Å²) in [5.74, 6) is 0.875. The number of nitrogens with zero attached hydrogens (tertiary/aromatic N) is 1. The van der Waals surface area contributed by atoms with Crippen LogP contribution in [0.4, 0.5) is 0 Å². The zero-order valence-electron chi connectivity index (χ0n) is 12.4. The van der Waals surface area contributed by atoms with Crippen LogP contribution in [0, 0.1) is 5.92 Å². The van der Waals surface area contributed by atoms with Crippen molar-refractivity contribution in [3.63, 3.8) is 0 Å². The first-order valence-corrected chi connectivity index (χ1v) is 7.81. The molecule has 0 aromatic heterocycles. The van der Waals surface area contributed by atoms with E-state index in [0.29, 0.717) is 6.04 Å². The summed E-state index contributed by atoms with van der Waals surface area (Å²) >= 11 is 0. The standard InChI is InChI=1S/C15H31N3/c1-12(18(2)3)11-17-15-9-6-7-13(15)14-8-4-5-10-16-14/h12-17H,4-11H2,1-3H3. The highest BCUT2D eigenvalue weighted by atomic mass is 15.1. The molecule has 2 N–H and O–H groups in total. The second-order valence-electron chi connectivity index (χ2n) is 6.48. The third kappa shape index (κ3) is 3.69. The van der Waals surface area contributed by atoms with Crippen molar-refractivity contribution in [2.24, 2.45) is 5.92 Å². The third-order valence-electron chi connectivity index (χ3n) is 4.99. The maximum absolute atomic E-state index is 3.83. The maximum Gasteiger partial charge on any atom is 0.0186 e. The quantitative estimate of drug-likeness (QED) is 0.783. The predicted molar refractivity (Wildman–Crippen MR) is 77.9 cm³/mol. The molecule has 0 aromatic rings. The van der Waals surface area contributed by atoms with E-state index in [1.165, 1.54) is 45.1 Å². The number of rotatable bonds is 5. The fourth-order valence-corrected chi connectivity index (χ4v) is 3.47. The van der Waals surface area contributed by atoms with Gasteiger partial charge in [0.15, 0.2) is 0 Å². The summed E-state index contributed by atoms with van der Waals surface area (Å²) in [6.45, 7) is 4.67. The van der Waals surface area contributed by atoms with E-state index in [9.17, 15) is 0 Å². The summed E-state index contributed by atoms with van der Waals surface area (Å²) in [7, 11) is 4.34. The smallest absolute Gasteiger partial charge is 0.0186 e. The Balaban J connectivity index is 1.79. The molecule has 1 aliphatic carbocycles. The Bertz CT molecular complexity index is 236. The monoisotopic (exact) mass is 253 g/mol. The summed E-state index contributed by atoms with van der Waals surface area (Å²) in [6.07, 6.45) is 8.41. The number of nitrogens with one attached hydrogen (secondary N) is 2. The third-order valence-corrected chi connectivity index (χ3v) is 4.99. The van der Waals surface area contributed by atoms with Crippen molar-refractivity contribution in [2.45, 2.75) is 63.6 Å². The second-order valence-corrected chi connectivity index (χ2v) is 6.48. The molecular weight excluding hydrogens is 222 g/mol. The van der Waals surface area contributed by atoms with Gasteiger partial charge in [0.2, 0.25) is 0 Å². The summed E-state index contributed by atoms with van der Waals surface area (Å²) in [6, 6.07) is 2.17. The zero-order chi connectivity index (χ0) is 13.0. The number of likely N-dealkylation sites (N-methyl/N-ethyl adjacent to an activating group) is 1. The van der Waals surface area contributed by atoms with Gasteiger partial charge in [0, 0.05) is 24.7 Å². The minimum Gasteiger partial charge on any atom is -0.314 e. The van der Waals surface area contributed by atoms with Crippen LogP contribution in [-0.4, -0.2) is 50.2 Å². The fourth-order valence-electron chi connectivity index (χ4n) is 3.47. The molecule has 0 amide bonds. The number of piperidine rings is 1.